The molecule has 1 atom stereocenters. The maximum Gasteiger partial charge on any atom is -0.00102 e. The van der Waals surface area contributed by atoms with E-state index in [1.807, 2.05) is 0 Å². The zero-order valence-electron chi connectivity index (χ0n) is 9.62. The average Bonchev–Trinajstić information content (AvgIpc) is 2.14. The lowest BCUT2D eigenvalue weighted by atomic mass is 9.92. The van der Waals surface area contributed by atoms with Gasteiger partial charge < -0.3 is 0 Å². The van der Waals surface area contributed by atoms with Crippen molar-refractivity contribution in [3.05, 3.63) is 48.0 Å². The van der Waals surface area contributed by atoms with E-state index in [0.29, 0.717) is 5.92 Å². The molecule has 0 heterocycles. The van der Waals surface area contributed by atoms with Gasteiger partial charge in [0.1, 0.15) is 0 Å². The molecule has 0 spiro atoms. The third-order valence-corrected chi connectivity index (χ3v) is 2.21. The first kappa shape index (κ1) is 11.0. The third-order valence-electron chi connectivity index (χ3n) is 2.21. The Kier molecular flexibility index (Phi) is 3.51. The molecule has 0 saturated carbocycles. The van der Waals surface area contributed by atoms with Gasteiger partial charge in [-0.15, -0.1) is 0 Å². The van der Waals surface area contributed by atoms with Crippen LogP contribution in [0.5, 0.6) is 0 Å². The molecular weight excluding hydrogens is 168 g/mol. The fraction of sp³-hybridized carbons (Fsp3) is 0.429. The predicted octanol–water partition coefficient (Wildman–Crippen LogP) is 4.39. The van der Waals surface area contributed by atoms with Gasteiger partial charge in [-0.3, -0.25) is 0 Å². The fourth-order valence-corrected chi connectivity index (χ4v) is 1.30. The molecule has 0 radical (unpaired) electrons. The first-order valence-electron chi connectivity index (χ1n) is 5.23. The van der Waals surface area contributed by atoms with Crippen LogP contribution in [-0.2, 0) is 0 Å². The highest BCUT2D eigenvalue weighted by Gasteiger charge is 2.06. The molecule has 0 aliphatic heterocycles. The van der Waals surface area contributed by atoms with E-state index in [-0.39, 0.29) is 5.41 Å². The molecule has 1 rings (SSSR count). The van der Waals surface area contributed by atoms with Crippen LogP contribution in [0.3, 0.4) is 0 Å². The molecule has 1 unspecified atom stereocenters. The van der Waals surface area contributed by atoms with Gasteiger partial charge in [0.25, 0.3) is 0 Å². The van der Waals surface area contributed by atoms with Crippen molar-refractivity contribution < 1.29 is 0 Å². The predicted molar refractivity (Wildman–Crippen MR) is 63.5 cm³/mol. The lowest BCUT2D eigenvalue weighted by Crippen LogP contribution is -2.00. The van der Waals surface area contributed by atoms with Gasteiger partial charge in [0.15, 0.2) is 0 Å². The van der Waals surface area contributed by atoms with Crippen molar-refractivity contribution in [2.75, 3.05) is 0 Å². The largest absolute Gasteiger partial charge is 0.0825 e. The molecule has 76 valence electrons. The standard InChI is InChI=1S/C14H20/c1-12(10-11-14(2,3)4)13-8-6-5-7-9-13/h5-12H,1-4H3/b11-10+. The Morgan fingerprint density at radius 2 is 1.64 bits per heavy atom. The summed E-state index contributed by atoms with van der Waals surface area (Å²) in [5.41, 5.74) is 1.66. The van der Waals surface area contributed by atoms with Gasteiger partial charge in [-0.25, -0.2) is 0 Å². The Labute approximate surface area is 87.7 Å². The maximum absolute atomic E-state index is 2.29. The van der Waals surface area contributed by atoms with Crippen molar-refractivity contribution in [3.63, 3.8) is 0 Å². The highest BCUT2D eigenvalue weighted by atomic mass is 14.1. The van der Waals surface area contributed by atoms with Crippen LogP contribution in [0.15, 0.2) is 42.5 Å². The minimum Gasteiger partial charge on any atom is -0.0825 e. The summed E-state index contributed by atoms with van der Waals surface area (Å²) in [6, 6.07) is 10.6. The van der Waals surface area contributed by atoms with Crippen molar-refractivity contribution in [1.82, 2.24) is 0 Å². The highest BCUT2D eigenvalue weighted by molar-refractivity contribution is 5.23. The van der Waals surface area contributed by atoms with Crippen LogP contribution in [0.4, 0.5) is 0 Å². The summed E-state index contributed by atoms with van der Waals surface area (Å²) in [6.45, 7) is 8.90. The van der Waals surface area contributed by atoms with Crippen molar-refractivity contribution in [2.45, 2.75) is 33.6 Å². The minimum atomic E-state index is 0.281. The number of rotatable bonds is 2. The average molecular weight is 188 g/mol. The Morgan fingerprint density at radius 1 is 1.07 bits per heavy atom. The van der Waals surface area contributed by atoms with Gasteiger partial charge in [0, 0.05) is 0 Å². The van der Waals surface area contributed by atoms with Gasteiger partial charge in [0.05, 0.1) is 0 Å². The van der Waals surface area contributed by atoms with Crippen LogP contribution in [0, 0.1) is 5.41 Å². The lowest BCUT2D eigenvalue weighted by molar-refractivity contribution is 0.541. The van der Waals surface area contributed by atoms with Gasteiger partial charge in [-0.2, -0.15) is 0 Å². The number of benzene rings is 1. The summed E-state index contributed by atoms with van der Waals surface area (Å²) in [4.78, 5) is 0. The number of hydrogen-bond donors (Lipinski definition) is 0. The zero-order chi connectivity index (χ0) is 10.6. The molecule has 0 nitrogen and oxygen atoms in total. The zero-order valence-corrected chi connectivity index (χ0v) is 9.62. The molecule has 0 amide bonds. The summed E-state index contributed by atoms with van der Waals surface area (Å²) in [6.07, 6.45) is 4.57. The Morgan fingerprint density at radius 3 is 2.14 bits per heavy atom. The molecule has 0 fully saturated rings. The third kappa shape index (κ3) is 3.78. The van der Waals surface area contributed by atoms with Crippen molar-refractivity contribution in [2.24, 2.45) is 5.41 Å². The molecule has 0 aliphatic carbocycles. The monoisotopic (exact) mass is 188 g/mol. The SMILES string of the molecule is CC(/C=C/C(C)(C)C)c1ccccc1. The molecule has 1 aromatic rings. The van der Waals surface area contributed by atoms with E-state index in [4.69, 9.17) is 0 Å². The molecule has 0 bridgehead atoms. The van der Waals surface area contributed by atoms with Crippen LogP contribution < -0.4 is 0 Å². The van der Waals surface area contributed by atoms with Crippen LogP contribution >= 0.6 is 0 Å². The van der Waals surface area contributed by atoms with E-state index in [1.54, 1.807) is 0 Å². The van der Waals surface area contributed by atoms with Crippen LogP contribution in [0.1, 0.15) is 39.2 Å². The van der Waals surface area contributed by atoms with Crippen molar-refractivity contribution in [1.29, 1.82) is 0 Å². The topological polar surface area (TPSA) is 0 Å². The Bertz CT molecular complexity index is 288. The first-order valence-corrected chi connectivity index (χ1v) is 5.23. The molecule has 0 aromatic heterocycles. The number of allylic oxidation sites excluding steroid dienone is 2. The molecule has 0 saturated heterocycles. The minimum absolute atomic E-state index is 0.281. The van der Waals surface area contributed by atoms with E-state index >= 15 is 0 Å². The van der Waals surface area contributed by atoms with Crippen LogP contribution in [0.2, 0.25) is 0 Å². The summed E-state index contributed by atoms with van der Waals surface area (Å²) in [7, 11) is 0. The molecule has 0 N–H and O–H groups in total. The lowest BCUT2D eigenvalue weighted by Gasteiger charge is -2.13. The second-order valence-corrected chi connectivity index (χ2v) is 4.92. The van der Waals surface area contributed by atoms with Crippen molar-refractivity contribution >= 4 is 0 Å². The van der Waals surface area contributed by atoms with E-state index in [0.717, 1.165) is 0 Å². The number of hydrogen-bond acceptors (Lipinski definition) is 0. The maximum atomic E-state index is 2.29. The smallest absolute Gasteiger partial charge is 0.00102 e. The fourth-order valence-electron chi connectivity index (χ4n) is 1.30. The van der Waals surface area contributed by atoms with E-state index in [2.05, 4.69) is 70.2 Å². The van der Waals surface area contributed by atoms with Gasteiger partial charge in [-0.05, 0) is 16.9 Å². The van der Waals surface area contributed by atoms with Gasteiger partial charge in [-0.1, -0.05) is 70.2 Å². The normalized spacial score (nSPS) is 14.6. The molecule has 1 aromatic carbocycles. The van der Waals surface area contributed by atoms with E-state index < -0.39 is 0 Å². The highest BCUT2D eigenvalue weighted by Crippen LogP contribution is 2.21. The summed E-state index contributed by atoms with van der Waals surface area (Å²) in [5.74, 6) is 0.510. The van der Waals surface area contributed by atoms with E-state index in [1.165, 1.54) is 5.56 Å². The Balaban J connectivity index is 2.69. The second-order valence-electron chi connectivity index (χ2n) is 4.92. The molecular formula is C14H20. The van der Waals surface area contributed by atoms with Gasteiger partial charge >= 0.3 is 0 Å². The quantitative estimate of drug-likeness (QED) is 0.604. The van der Waals surface area contributed by atoms with Crippen molar-refractivity contribution in [3.8, 4) is 0 Å². The Hall–Kier alpha value is -1.04. The first-order chi connectivity index (χ1) is 6.49. The summed E-state index contributed by atoms with van der Waals surface area (Å²) >= 11 is 0. The van der Waals surface area contributed by atoms with Crippen LogP contribution in [0.25, 0.3) is 0 Å². The molecule has 14 heavy (non-hydrogen) atoms. The molecule has 0 aliphatic rings. The second kappa shape index (κ2) is 4.45. The van der Waals surface area contributed by atoms with E-state index in [9.17, 15) is 0 Å². The summed E-state index contributed by atoms with van der Waals surface area (Å²) < 4.78 is 0. The molecule has 0 heteroatoms. The van der Waals surface area contributed by atoms with Crippen LogP contribution in [-0.4, -0.2) is 0 Å². The summed E-state index contributed by atoms with van der Waals surface area (Å²) in [5, 5.41) is 0. The van der Waals surface area contributed by atoms with Gasteiger partial charge in [0.2, 0.25) is 0 Å².